The summed E-state index contributed by atoms with van der Waals surface area (Å²) in [6.45, 7) is 1.03. The number of benzene rings is 1. The van der Waals surface area contributed by atoms with E-state index in [1.54, 1.807) is 0 Å². The molecule has 1 N–H and O–H groups in total. The van der Waals surface area contributed by atoms with Crippen LogP contribution in [0.3, 0.4) is 0 Å². The van der Waals surface area contributed by atoms with Gasteiger partial charge in [-0.15, -0.1) is 0 Å². The van der Waals surface area contributed by atoms with Crippen LogP contribution in [0.1, 0.15) is 11.6 Å². The van der Waals surface area contributed by atoms with E-state index in [4.69, 9.17) is 0 Å². The van der Waals surface area contributed by atoms with E-state index < -0.39 is 0 Å². The van der Waals surface area contributed by atoms with Crippen LogP contribution in [-0.2, 0) is 0 Å². The topological polar surface area (TPSA) is 21.9 Å². The van der Waals surface area contributed by atoms with Gasteiger partial charge in [0, 0.05) is 12.6 Å². The lowest BCUT2D eigenvalue weighted by atomic mass is 10.2. The van der Waals surface area contributed by atoms with Crippen LogP contribution in [0.2, 0.25) is 0 Å². The Morgan fingerprint density at radius 2 is 1.90 bits per heavy atom. The quantitative estimate of drug-likeness (QED) is 0.581. The number of nitrogens with one attached hydrogen (secondary N) is 1. The van der Waals surface area contributed by atoms with Crippen LogP contribution >= 0.6 is 0 Å². The molecule has 1 aliphatic rings. The summed E-state index contributed by atoms with van der Waals surface area (Å²) in [4.78, 5) is 0. The summed E-state index contributed by atoms with van der Waals surface area (Å²) in [5, 5.41) is 3.15. The molecule has 0 radical (unpaired) electrons. The fourth-order valence-corrected chi connectivity index (χ4v) is 0.990. The van der Waals surface area contributed by atoms with Gasteiger partial charge in [0.15, 0.2) is 0 Å². The van der Waals surface area contributed by atoms with Gasteiger partial charge in [0.25, 0.3) is 0 Å². The van der Waals surface area contributed by atoms with Gasteiger partial charge in [0.05, 0.1) is 0 Å². The first-order valence-corrected chi connectivity index (χ1v) is 3.35. The van der Waals surface area contributed by atoms with Gasteiger partial charge in [-0.2, -0.15) is 0 Å². The fourth-order valence-electron chi connectivity index (χ4n) is 0.990. The molecule has 0 aliphatic carbocycles. The van der Waals surface area contributed by atoms with E-state index in [2.05, 4.69) is 5.32 Å². The van der Waals surface area contributed by atoms with Crippen molar-refractivity contribution in [1.29, 1.82) is 0 Å². The minimum absolute atomic E-state index is 0.163. The van der Waals surface area contributed by atoms with Crippen molar-refractivity contribution in [1.82, 2.24) is 5.32 Å². The standard InChI is InChI=1S/C8H8FN/c9-7-3-1-6(2-4-7)8-5-10-8/h1-4,8,10H,5H2/t8-/m1/s1. The van der Waals surface area contributed by atoms with E-state index >= 15 is 0 Å². The van der Waals surface area contributed by atoms with Gasteiger partial charge in [-0.3, -0.25) is 0 Å². The van der Waals surface area contributed by atoms with E-state index in [0.717, 1.165) is 6.54 Å². The van der Waals surface area contributed by atoms with Crippen molar-refractivity contribution in [3.05, 3.63) is 35.6 Å². The van der Waals surface area contributed by atoms with Crippen LogP contribution < -0.4 is 5.32 Å². The number of halogens is 1. The van der Waals surface area contributed by atoms with Crippen molar-refractivity contribution in [3.8, 4) is 0 Å². The minimum atomic E-state index is -0.163. The highest BCUT2D eigenvalue weighted by molar-refractivity contribution is 5.23. The highest BCUT2D eigenvalue weighted by Gasteiger charge is 2.21. The maximum Gasteiger partial charge on any atom is 0.123 e. The third kappa shape index (κ3) is 1.02. The SMILES string of the molecule is Fc1ccc([C@H]2CN2)cc1. The maximum atomic E-state index is 12.4. The molecule has 1 aromatic rings. The molecule has 10 heavy (non-hydrogen) atoms. The number of rotatable bonds is 1. The predicted octanol–water partition coefficient (Wildman–Crippen LogP) is 1.47. The van der Waals surface area contributed by atoms with Crippen molar-refractivity contribution in [2.75, 3.05) is 6.54 Å². The highest BCUT2D eigenvalue weighted by Crippen LogP contribution is 2.20. The van der Waals surface area contributed by atoms with Crippen LogP contribution in [-0.4, -0.2) is 6.54 Å². The number of hydrogen-bond donors (Lipinski definition) is 1. The fraction of sp³-hybridized carbons (Fsp3) is 0.250. The molecule has 0 aromatic heterocycles. The van der Waals surface area contributed by atoms with Gasteiger partial charge >= 0.3 is 0 Å². The molecule has 1 heterocycles. The van der Waals surface area contributed by atoms with Crippen molar-refractivity contribution in [2.45, 2.75) is 6.04 Å². The Kier molecular flexibility index (Phi) is 1.21. The molecule has 2 heteroatoms. The van der Waals surface area contributed by atoms with Crippen LogP contribution in [0.5, 0.6) is 0 Å². The summed E-state index contributed by atoms with van der Waals surface area (Å²) in [7, 11) is 0. The Morgan fingerprint density at radius 1 is 1.30 bits per heavy atom. The van der Waals surface area contributed by atoms with Gasteiger partial charge in [-0.1, -0.05) is 12.1 Å². The molecule has 0 saturated carbocycles. The predicted molar refractivity (Wildman–Crippen MR) is 37.1 cm³/mol. The molecular formula is C8H8FN. The van der Waals surface area contributed by atoms with Crippen LogP contribution in [0.4, 0.5) is 4.39 Å². The van der Waals surface area contributed by atoms with Crippen LogP contribution in [0.15, 0.2) is 24.3 Å². The molecule has 2 rings (SSSR count). The first kappa shape index (κ1) is 5.86. The van der Waals surface area contributed by atoms with E-state index in [0.29, 0.717) is 6.04 Å². The van der Waals surface area contributed by atoms with Crippen molar-refractivity contribution < 1.29 is 4.39 Å². The highest BCUT2D eigenvalue weighted by atomic mass is 19.1. The van der Waals surface area contributed by atoms with Gasteiger partial charge < -0.3 is 5.32 Å². The summed E-state index contributed by atoms with van der Waals surface area (Å²) in [6, 6.07) is 7.12. The second-order valence-electron chi connectivity index (χ2n) is 2.51. The number of hydrogen-bond acceptors (Lipinski definition) is 1. The Labute approximate surface area is 58.9 Å². The summed E-state index contributed by atoms with van der Waals surface area (Å²) in [5.74, 6) is -0.163. The molecule has 1 fully saturated rings. The minimum Gasteiger partial charge on any atom is -0.307 e. The zero-order valence-corrected chi connectivity index (χ0v) is 5.47. The summed E-state index contributed by atoms with van der Waals surface area (Å²) in [5.41, 5.74) is 1.18. The zero-order chi connectivity index (χ0) is 6.97. The molecule has 0 bridgehead atoms. The zero-order valence-electron chi connectivity index (χ0n) is 5.47. The molecule has 0 unspecified atom stereocenters. The first-order valence-electron chi connectivity index (χ1n) is 3.35. The summed E-state index contributed by atoms with van der Waals surface area (Å²) in [6.07, 6.45) is 0. The van der Waals surface area contributed by atoms with E-state index in [9.17, 15) is 4.39 Å². The third-order valence-electron chi connectivity index (χ3n) is 1.68. The van der Waals surface area contributed by atoms with E-state index in [1.807, 2.05) is 12.1 Å². The van der Waals surface area contributed by atoms with Gasteiger partial charge in [0.1, 0.15) is 5.82 Å². The van der Waals surface area contributed by atoms with Crippen LogP contribution in [0.25, 0.3) is 0 Å². The molecule has 0 amide bonds. The average molecular weight is 137 g/mol. The first-order chi connectivity index (χ1) is 4.86. The Balaban J connectivity index is 2.28. The summed E-state index contributed by atoms with van der Waals surface area (Å²) >= 11 is 0. The normalized spacial score (nSPS) is 22.7. The van der Waals surface area contributed by atoms with E-state index in [-0.39, 0.29) is 5.82 Å². The lowest BCUT2D eigenvalue weighted by molar-refractivity contribution is 0.627. The molecule has 1 atom stereocenters. The van der Waals surface area contributed by atoms with E-state index in [1.165, 1.54) is 17.7 Å². The largest absolute Gasteiger partial charge is 0.307 e. The third-order valence-corrected chi connectivity index (χ3v) is 1.68. The Bertz CT molecular complexity index is 226. The second kappa shape index (κ2) is 2.06. The molecular weight excluding hydrogens is 129 g/mol. The molecule has 1 nitrogen and oxygen atoms in total. The molecule has 0 spiro atoms. The van der Waals surface area contributed by atoms with Crippen molar-refractivity contribution in [2.24, 2.45) is 0 Å². The second-order valence-corrected chi connectivity index (χ2v) is 2.51. The lowest BCUT2D eigenvalue weighted by Crippen LogP contribution is -1.83. The van der Waals surface area contributed by atoms with Gasteiger partial charge in [-0.25, -0.2) is 4.39 Å². The Morgan fingerprint density at radius 3 is 2.40 bits per heavy atom. The lowest BCUT2D eigenvalue weighted by Gasteiger charge is -1.93. The van der Waals surface area contributed by atoms with Gasteiger partial charge in [-0.05, 0) is 17.7 Å². The maximum absolute atomic E-state index is 12.4. The average Bonchev–Trinajstić information content (AvgIpc) is 2.71. The van der Waals surface area contributed by atoms with Crippen LogP contribution in [0, 0.1) is 5.82 Å². The Hall–Kier alpha value is -0.890. The molecule has 52 valence electrons. The van der Waals surface area contributed by atoms with Crippen molar-refractivity contribution >= 4 is 0 Å². The summed E-state index contributed by atoms with van der Waals surface area (Å²) < 4.78 is 12.4. The smallest absolute Gasteiger partial charge is 0.123 e. The molecule has 1 aliphatic heterocycles. The monoisotopic (exact) mass is 137 g/mol. The molecule has 1 saturated heterocycles. The van der Waals surface area contributed by atoms with Gasteiger partial charge in [0.2, 0.25) is 0 Å². The van der Waals surface area contributed by atoms with Crippen molar-refractivity contribution in [3.63, 3.8) is 0 Å². The molecule has 1 aromatic carbocycles.